The number of rotatable bonds is 18. The number of amides is 3. The van der Waals surface area contributed by atoms with Crippen molar-refractivity contribution in [2.45, 2.75) is 179 Å². The molecule has 10 aromatic rings. The van der Waals surface area contributed by atoms with Crippen molar-refractivity contribution in [3.8, 4) is 17.1 Å². The Morgan fingerprint density at radius 1 is 0.371 bits per heavy atom. The number of halogens is 9. The summed E-state index contributed by atoms with van der Waals surface area (Å²) >= 11 is 0. The first-order chi connectivity index (χ1) is 50.7. The average Bonchev–Trinajstić information content (AvgIpc) is 1.61. The monoisotopic (exact) mass is 1440 g/mol. The van der Waals surface area contributed by atoms with Crippen molar-refractivity contribution >= 4 is 17.7 Å². The second kappa shape index (κ2) is 32.5. The molecular weight excluding hydrogens is 1350 g/mol. The number of fused-ring (bicyclic) bond motifs is 3. The molecule has 6 atom stereocenters. The maximum absolute atomic E-state index is 14.8. The first kappa shape index (κ1) is 73.3. The van der Waals surface area contributed by atoms with Gasteiger partial charge in [-0.15, -0.1) is 0 Å². The highest BCUT2D eigenvalue weighted by Crippen LogP contribution is 2.43. The van der Waals surface area contributed by atoms with Gasteiger partial charge in [0.1, 0.15) is 52.0 Å². The number of carbonyl (C=O) groups is 3. The van der Waals surface area contributed by atoms with E-state index in [0.29, 0.717) is 73.9 Å². The number of hydrogen-bond donors (Lipinski definition) is 3. The van der Waals surface area contributed by atoms with Gasteiger partial charge in [0.2, 0.25) is 0 Å². The van der Waals surface area contributed by atoms with Gasteiger partial charge < -0.3 is 16.0 Å². The fourth-order valence-corrected chi connectivity index (χ4v) is 16.4. The van der Waals surface area contributed by atoms with Crippen LogP contribution in [0.1, 0.15) is 216 Å². The van der Waals surface area contributed by atoms with E-state index in [4.69, 9.17) is 0 Å². The summed E-state index contributed by atoms with van der Waals surface area (Å²) in [5.74, 6) is -5.46. The molecule has 5 aliphatic carbocycles. The van der Waals surface area contributed by atoms with Gasteiger partial charge in [-0.1, -0.05) is 105 Å². The summed E-state index contributed by atoms with van der Waals surface area (Å²) in [5.41, 5.74) is 9.05. The van der Waals surface area contributed by atoms with Gasteiger partial charge in [0.25, 0.3) is 17.7 Å². The number of benzene rings is 7. The van der Waals surface area contributed by atoms with Gasteiger partial charge in [-0.2, -0.15) is 15.3 Å². The van der Waals surface area contributed by atoms with Crippen molar-refractivity contribution in [1.82, 2.24) is 45.3 Å². The molecule has 12 nitrogen and oxygen atoms in total. The zero-order chi connectivity index (χ0) is 73.6. The third-order valence-electron chi connectivity index (χ3n) is 21.7. The third kappa shape index (κ3) is 16.7. The highest BCUT2D eigenvalue weighted by atomic mass is 19.2. The van der Waals surface area contributed by atoms with E-state index in [1.165, 1.54) is 125 Å². The summed E-state index contributed by atoms with van der Waals surface area (Å²) in [7, 11) is 0. The van der Waals surface area contributed by atoms with Gasteiger partial charge in [-0.25, -0.2) is 53.6 Å². The molecule has 0 saturated heterocycles. The van der Waals surface area contributed by atoms with Crippen LogP contribution in [0.2, 0.25) is 0 Å². The second-order valence-electron chi connectivity index (χ2n) is 28.8. The summed E-state index contributed by atoms with van der Waals surface area (Å²) < 4.78 is 131. The lowest BCUT2D eigenvalue weighted by Crippen LogP contribution is -2.39. The molecule has 0 radical (unpaired) electrons. The molecule has 0 bridgehead atoms. The van der Waals surface area contributed by atoms with E-state index in [-0.39, 0.29) is 93.8 Å². The molecule has 21 heteroatoms. The lowest BCUT2D eigenvalue weighted by molar-refractivity contribution is 0.0904. The Hall–Kier alpha value is -10.1. The Morgan fingerprint density at radius 2 is 0.686 bits per heavy atom. The van der Waals surface area contributed by atoms with E-state index in [9.17, 15) is 53.9 Å². The quantitative estimate of drug-likeness (QED) is 0.0731. The van der Waals surface area contributed by atoms with Gasteiger partial charge in [0.15, 0.2) is 34.5 Å². The van der Waals surface area contributed by atoms with Crippen LogP contribution in [0.15, 0.2) is 158 Å². The fourth-order valence-electron chi connectivity index (χ4n) is 16.4. The van der Waals surface area contributed by atoms with Crippen LogP contribution in [-0.4, -0.2) is 59.1 Å². The van der Waals surface area contributed by atoms with E-state index in [0.717, 1.165) is 107 Å². The molecule has 5 aliphatic rings. The summed E-state index contributed by atoms with van der Waals surface area (Å²) in [6, 6.07) is 38.6. The molecule has 3 N–H and O–H groups in total. The van der Waals surface area contributed by atoms with Crippen LogP contribution in [0, 0.1) is 64.2 Å². The van der Waals surface area contributed by atoms with Crippen LogP contribution in [0.3, 0.4) is 0 Å². The van der Waals surface area contributed by atoms with Crippen LogP contribution in [0.5, 0.6) is 0 Å². The number of carbonyl (C=O) groups excluding carboxylic acids is 3. The molecule has 3 aromatic heterocycles. The van der Waals surface area contributed by atoms with Crippen LogP contribution in [0.4, 0.5) is 39.5 Å². The van der Waals surface area contributed by atoms with Crippen molar-refractivity contribution in [3.63, 3.8) is 0 Å². The van der Waals surface area contributed by atoms with Crippen molar-refractivity contribution in [1.29, 1.82) is 0 Å². The Labute approximate surface area is 604 Å². The van der Waals surface area contributed by atoms with E-state index >= 15 is 0 Å². The average molecular weight is 1440 g/mol. The number of hydrogen-bond acceptors (Lipinski definition) is 6. The van der Waals surface area contributed by atoms with Gasteiger partial charge in [0, 0.05) is 64.7 Å². The van der Waals surface area contributed by atoms with Gasteiger partial charge >= 0.3 is 0 Å². The molecule has 3 heterocycles. The molecule has 546 valence electrons. The lowest BCUT2D eigenvalue weighted by atomic mass is 9.84. The Bertz CT molecular complexity index is 4600. The summed E-state index contributed by atoms with van der Waals surface area (Å²) in [4.78, 5) is 40.0. The first-order valence-corrected chi connectivity index (χ1v) is 36.6. The van der Waals surface area contributed by atoms with Crippen molar-refractivity contribution < 1.29 is 53.9 Å². The minimum Gasteiger partial charge on any atom is -0.348 e. The minimum absolute atomic E-state index is 0.0238. The molecule has 105 heavy (non-hydrogen) atoms. The SMILES string of the molecule is C[C@@H](NC(=O)c1nn(-c2ccc(F)cc2F)c2c1CCC2Cc1cccc(F)c1)C1CCCCC1.C[C@@H](NC(=O)c1nn(-c2ccc(F)cc2F)c2c1CCC2Cc1cccc(F)c1)c1ccccc1.C[C@H](NC(=O)c1nn(-c2ccc(F)cc2F)c2c1CCC2Cc1cccc(F)c1)C1CCCCC1. The molecular formula is C84H84F9N9O3. The molecule has 0 aliphatic heterocycles. The normalized spacial score (nSPS) is 17.8. The Kier molecular flexibility index (Phi) is 22.7. The van der Waals surface area contributed by atoms with Crippen LogP contribution in [-0.2, 0) is 38.5 Å². The highest BCUT2D eigenvalue weighted by Gasteiger charge is 2.39. The third-order valence-corrected chi connectivity index (χ3v) is 21.7. The Balaban J connectivity index is 0.000000140. The predicted molar refractivity (Wildman–Crippen MR) is 383 cm³/mol. The molecule has 2 fully saturated rings. The zero-order valence-electron chi connectivity index (χ0n) is 58.9. The smallest absolute Gasteiger partial charge is 0.272 e. The minimum atomic E-state index is -0.767. The van der Waals surface area contributed by atoms with Crippen LogP contribution >= 0.6 is 0 Å². The van der Waals surface area contributed by atoms with Crippen molar-refractivity contribution in [2.24, 2.45) is 11.8 Å². The van der Waals surface area contributed by atoms with Gasteiger partial charge in [-0.05, 0) is 211 Å². The van der Waals surface area contributed by atoms with E-state index < -0.39 is 34.9 Å². The second-order valence-corrected chi connectivity index (χ2v) is 28.8. The van der Waals surface area contributed by atoms with Gasteiger partial charge in [0.05, 0.1) is 23.1 Å². The van der Waals surface area contributed by atoms with Crippen molar-refractivity contribution in [3.05, 3.63) is 283 Å². The van der Waals surface area contributed by atoms with Crippen LogP contribution < -0.4 is 16.0 Å². The largest absolute Gasteiger partial charge is 0.348 e. The molecule has 2 saturated carbocycles. The summed E-state index contributed by atoms with van der Waals surface area (Å²) in [6.07, 6.45) is 17.2. The highest BCUT2D eigenvalue weighted by molar-refractivity contribution is 5.96. The summed E-state index contributed by atoms with van der Waals surface area (Å²) in [6.45, 7) is 5.96. The predicted octanol–water partition coefficient (Wildman–Crippen LogP) is 18.6. The topological polar surface area (TPSA) is 141 Å². The van der Waals surface area contributed by atoms with E-state index in [1.807, 2.05) is 69.3 Å². The fraction of sp³-hybridized carbons (Fsp3) is 0.357. The summed E-state index contributed by atoms with van der Waals surface area (Å²) in [5, 5.41) is 22.9. The van der Waals surface area contributed by atoms with Crippen molar-refractivity contribution in [2.75, 3.05) is 0 Å². The molecule has 7 aromatic carbocycles. The lowest BCUT2D eigenvalue weighted by Gasteiger charge is -2.28. The molecule has 3 unspecified atom stereocenters. The number of nitrogens with zero attached hydrogens (tertiary/aromatic N) is 6. The number of aromatic nitrogens is 6. The maximum Gasteiger partial charge on any atom is 0.272 e. The number of nitrogens with one attached hydrogen (secondary N) is 3. The van der Waals surface area contributed by atoms with E-state index in [1.54, 1.807) is 18.2 Å². The molecule has 15 rings (SSSR count). The zero-order valence-corrected chi connectivity index (χ0v) is 58.9. The maximum atomic E-state index is 14.8. The standard InChI is InChI=1S/2C28H30F3N3O.C28H24F3N3O/c3*1-17(19-7-3-2-4-8-19)32-28(35)26-23-12-10-20(14-18-6-5-9-21(29)15-18)27(23)34(33-26)25-13-11-22(30)16-24(25)31/h2*5-6,9,11,13,15-17,19-20H,2-4,7-8,10,12,14H2,1H3,(H,32,35);2-9,11,13,15-17,20H,10,12,14H2,1H3,(H,32,35)/t3*17-,20?/m101/s1. The molecule has 0 spiro atoms. The first-order valence-electron chi connectivity index (χ1n) is 36.6. The van der Waals surface area contributed by atoms with E-state index in [2.05, 4.69) is 31.2 Å². The van der Waals surface area contributed by atoms with Crippen LogP contribution in [0.25, 0.3) is 17.1 Å². The van der Waals surface area contributed by atoms with Gasteiger partial charge in [-0.3, -0.25) is 14.4 Å². The molecule has 3 amide bonds. The Morgan fingerprint density at radius 3 is 1.00 bits per heavy atom.